The van der Waals surface area contributed by atoms with Gasteiger partial charge in [-0.25, -0.2) is 0 Å². The number of hydrogen-bond acceptors (Lipinski definition) is 3. The second-order valence-corrected chi connectivity index (χ2v) is 4.94. The first-order valence-electron chi connectivity index (χ1n) is 6.64. The van der Waals surface area contributed by atoms with Crippen LogP contribution < -0.4 is 5.32 Å². The van der Waals surface area contributed by atoms with Crippen molar-refractivity contribution in [1.29, 1.82) is 0 Å². The van der Waals surface area contributed by atoms with E-state index in [2.05, 4.69) is 12.2 Å². The molecule has 0 bridgehead atoms. The molecule has 1 fully saturated rings. The highest BCUT2D eigenvalue weighted by Gasteiger charge is 2.33. The number of carbonyl (C=O) groups excluding carboxylic acids is 1. The Kier molecular flexibility index (Phi) is 4.50. The number of carbonyl (C=O) groups is 1. The number of Topliss-reactive ketones (excluding diaryl/α,β-unsaturated/α-hetero) is 1. The quantitative estimate of drug-likeness (QED) is 0.811. The first kappa shape index (κ1) is 13.2. The molecule has 0 aliphatic carbocycles. The van der Waals surface area contributed by atoms with Gasteiger partial charge in [-0.3, -0.25) is 4.79 Å². The Morgan fingerprint density at radius 1 is 1.44 bits per heavy atom. The summed E-state index contributed by atoms with van der Waals surface area (Å²) in [6.07, 6.45) is 1.07. The van der Waals surface area contributed by atoms with Crippen LogP contribution in [0.25, 0.3) is 0 Å². The number of aryl methyl sites for hydroxylation is 1. The van der Waals surface area contributed by atoms with Crippen LogP contribution in [0, 0.1) is 12.8 Å². The minimum absolute atomic E-state index is 0.0432. The molecule has 1 heterocycles. The number of rotatable bonds is 5. The number of benzene rings is 1. The van der Waals surface area contributed by atoms with Crippen LogP contribution in [0.2, 0.25) is 0 Å². The molecule has 3 heteroatoms. The van der Waals surface area contributed by atoms with Crippen LogP contribution in [0.3, 0.4) is 0 Å². The topological polar surface area (TPSA) is 38.3 Å². The number of ether oxygens (including phenoxy) is 1. The van der Waals surface area contributed by atoms with Crippen molar-refractivity contribution in [2.45, 2.75) is 26.3 Å². The SMILES string of the molecule is CCCNC1COCC1C(=O)c1cccc(C)c1. The first-order chi connectivity index (χ1) is 8.72. The molecule has 0 aromatic heterocycles. The summed E-state index contributed by atoms with van der Waals surface area (Å²) in [7, 11) is 0. The van der Waals surface area contributed by atoms with Crippen molar-refractivity contribution in [2.75, 3.05) is 19.8 Å². The molecule has 2 rings (SSSR count). The van der Waals surface area contributed by atoms with Crippen molar-refractivity contribution in [1.82, 2.24) is 5.32 Å². The molecule has 1 aromatic rings. The summed E-state index contributed by atoms with van der Waals surface area (Å²) in [5.74, 6) is 0.156. The fourth-order valence-corrected chi connectivity index (χ4v) is 2.36. The van der Waals surface area contributed by atoms with Crippen molar-refractivity contribution in [3.05, 3.63) is 35.4 Å². The van der Waals surface area contributed by atoms with Gasteiger partial charge < -0.3 is 10.1 Å². The van der Waals surface area contributed by atoms with Gasteiger partial charge in [0.15, 0.2) is 5.78 Å². The van der Waals surface area contributed by atoms with E-state index in [-0.39, 0.29) is 17.7 Å². The highest BCUT2D eigenvalue weighted by atomic mass is 16.5. The predicted octanol–water partition coefficient (Wildman–Crippen LogP) is 2.19. The second kappa shape index (κ2) is 6.12. The Morgan fingerprint density at radius 2 is 2.28 bits per heavy atom. The molecule has 1 N–H and O–H groups in total. The van der Waals surface area contributed by atoms with Crippen molar-refractivity contribution in [2.24, 2.45) is 5.92 Å². The van der Waals surface area contributed by atoms with Gasteiger partial charge in [0.25, 0.3) is 0 Å². The molecule has 1 aliphatic heterocycles. The minimum Gasteiger partial charge on any atom is -0.379 e. The van der Waals surface area contributed by atoms with Gasteiger partial charge in [0, 0.05) is 11.6 Å². The largest absolute Gasteiger partial charge is 0.379 e. The number of hydrogen-bond donors (Lipinski definition) is 1. The molecule has 0 radical (unpaired) electrons. The monoisotopic (exact) mass is 247 g/mol. The summed E-state index contributed by atoms with van der Waals surface area (Å²) in [5, 5.41) is 3.40. The molecule has 0 saturated carbocycles. The van der Waals surface area contributed by atoms with Crippen molar-refractivity contribution in [3.63, 3.8) is 0 Å². The summed E-state index contributed by atoms with van der Waals surface area (Å²) >= 11 is 0. The highest BCUT2D eigenvalue weighted by Crippen LogP contribution is 2.20. The van der Waals surface area contributed by atoms with E-state index in [1.165, 1.54) is 0 Å². The molecular formula is C15H21NO2. The molecule has 98 valence electrons. The zero-order chi connectivity index (χ0) is 13.0. The van der Waals surface area contributed by atoms with Gasteiger partial charge >= 0.3 is 0 Å². The van der Waals surface area contributed by atoms with E-state index in [0.29, 0.717) is 13.2 Å². The van der Waals surface area contributed by atoms with E-state index in [4.69, 9.17) is 4.74 Å². The smallest absolute Gasteiger partial charge is 0.169 e. The Morgan fingerprint density at radius 3 is 3.00 bits per heavy atom. The molecule has 18 heavy (non-hydrogen) atoms. The van der Waals surface area contributed by atoms with Crippen LogP contribution in [0.4, 0.5) is 0 Å². The maximum absolute atomic E-state index is 12.5. The second-order valence-electron chi connectivity index (χ2n) is 4.94. The molecule has 1 aliphatic rings. The van der Waals surface area contributed by atoms with Crippen LogP contribution in [0.15, 0.2) is 24.3 Å². The third-order valence-electron chi connectivity index (χ3n) is 3.38. The minimum atomic E-state index is -0.0432. The van der Waals surface area contributed by atoms with E-state index in [1.807, 2.05) is 31.2 Å². The zero-order valence-electron chi connectivity index (χ0n) is 11.1. The molecule has 1 aromatic carbocycles. The number of ketones is 1. The molecule has 3 nitrogen and oxygen atoms in total. The summed E-state index contributed by atoms with van der Waals surface area (Å²) in [6, 6.07) is 7.96. The van der Waals surface area contributed by atoms with E-state index in [1.54, 1.807) is 0 Å². The fourth-order valence-electron chi connectivity index (χ4n) is 2.36. The maximum atomic E-state index is 12.5. The van der Waals surface area contributed by atoms with E-state index < -0.39 is 0 Å². The van der Waals surface area contributed by atoms with Gasteiger partial charge in [-0.15, -0.1) is 0 Å². The summed E-state index contributed by atoms with van der Waals surface area (Å²) in [4.78, 5) is 12.5. The van der Waals surface area contributed by atoms with Gasteiger partial charge in [-0.05, 0) is 26.0 Å². The number of nitrogens with one attached hydrogen (secondary N) is 1. The third-order valence-corrected chi connectivity index (χ3v) is 3.38. The van der Waals surface area contributed by atoms with Crippen molar-refractivity contribution < 1.29 is 9.53 Å². The summed E-state index contributed by atoms with van der Waals surface area (Å²) in [5.41, 5.74) is 1.92. The van der Waals surface area contributed by atoms with E-state index in [9.17, 15) is 4.79 Å². The fraction of sp³-hybridized carbons (Fsp3) is 0.533. The van der Waals surface area contributed by atoms with Crippen LogP contribution in [0.5, 0.6) is 0 Å². The van der Waals surface area contributed by atoms with Gasteiger partial charge in [-0.2, -0.15) is 0 Å². The molecule has 2 unspecified atom stereocenters. The average molecular weight is 247 g/mol. The van der Waals surface area contributed by atoms with Gasteiger partial charge in [0.05, 0.1) is 19.1 Å². The van der Waals surface area contributed by atoms with Crippen molar-refractivity contribution >= 4 is 5.78 Å². The van der Waals surface area contributed by atoms with E-state index >= 15 is 0 Å². The standard InChI is InChI=1S/C15H21NO2/c1-3-7-16-14-10-18-9-13(14)15(17)12-6-4-5-11(2)8-12/h4-6,8,13-14,16H,3,7,9-10H2,1-2H3. The maximum Gasteiger partial charge on any atom is 0.169 e. The Labute approximate surface area is 109 Å². The predicted molar refractivity (Wildman–Crippen MR) is 71.9 cm³/mol. The Balaban J connectivity index is 2.08. The molecule has 0 amide bonds. The van der Waals surface area contributed by atoms with Gasteiger partial charge in [0.1, 0.15) is 0 Å². The average Bonchev–Trinajstić information content (AvgIpc) is 2.83. The highest BCUT2D eigenvalue weighted by molar-refractivity contribution is 5.98. The lowest BCUT2D eigenvalue weighted by atomic mass is 9.92. The van der Waals surface area contributed by atoms with Crippen LogP contribution in [-0.4, -0.2) is 31.6 Å². The molecule has 1 saturated heterocycles. The Hall–Kier alpha value is -1.19. The normalized spacial score (nSPS) is 23.2. The summed E-state index contributed by atoms with van der Waals surface area (Å²) in [6.45, 7) is 6.25. The van der Waals surface area contributed by atoms with Crippen molar-refractivity contribution in [3.8, 4) is 0 Å². The zero-order valence-corrected chi connectivity index (χ0v) is 11.1. The van der Waals surface area contributed by atoms with Gasteiger partial charge in [0.2, 0.25) is 0 Å². The Bertz CT molecular complexity index is 417. The van der Waals surface area contributed by atoms with Crippen LogP contribution in [0.1, 0.15) is 29.3 Å². The lowest BCUT2D eigenvalue weighted by Crippen LogP contribution is -2.39. The lowest BCUT2D eigenvalue weighted by Gasteiger charge is -2.17. The lowest BCUT2D eigenvalue weighted by molar-refractivity contribution is 0.0891. The molecular weight excluding hydrogens is 226 g/mol. The molecule has 2 atom stereocenters. The van der Waals surface area contributed by atoms with Crippen LogP contribution >= 0.6 is 0 Å². The van der Waals surface area contributed by atoms with E-state index in [0.717, 1.165) is 24.1 Å². The van der Waals surface area contributed by atoms with Gasteiger partial charge in [-0.1, -0.05) is 30.7 Å². The summed E-state index contributed by atoms with van der Waals surface area (Å²) < 4.78 is 5.46. The third kappa shape index (κ3) is 2.98. The first-order valence-corrected chi connectivity index (χ1v) is 6.64. The molecule has 0 spiro atoms. The van der Waals surface area contributed by atoms with Crippen LogP contribution in [-0.2, 0) is 4.74 Å².